The Balaban J connectivity index is 4.83. The summed E-state index contributed by atoms with van der Waals surface area (Å²) < 4.78 is 0. The molecule has 0 saturated heterocycles. The quantitative estimate of drug-likeness (QED) is 0.0563. The van der Waals surface area contributed by atoms with Gasteiger partial charge in [-0.15, -0.1) is 0 Å². The zero-order valence-electron chi connectivity index (χ0n) is 18.3. The Kier molecular flexibility index (Phi) is 16.9. The lowest BCUT2D eigenvalue weighted by atomic mass is 10.2. The molecular formula is C19H32N4O9-4. The Bertz CT molecular complexity index is 561. The van der Waals surface area contributed by atoms with Crippen molar-refractivity contribution in [3.63, 3.8) is 0 Å². The highest BCUT2D eigenvalue weighted by Crippen LogP contribution is 1.98. The fourth-order valence-corrected chi connectivity index (χ4v) is 2.85. The van der Waals surface area contributed by atoms with E-state index in [2.05, 4.69) is 10.2 Å². The van der Waals surface area contributed by atoms with Gasteiger partial charge in [-0.25, -0.2) is 0 Å². The molecule has 0 aliphatic rings. The molecule has 0 spiro atoms. The Hall–Kier alpha value is -2.32. The number of carboxylic acid groups (broad SMARTS) is 3. The topological polar surface area (TPSA) is 195 Å². The van der Waals surface area contributed by atoms with Crippen LogP contribution in [-0.2, 0) is 19.2 Å². The van der Waals surface area contributed by atoms with Gasteiger partial charge in [-0.2, -0.15) is 0 Å². The molecule has 0 aromatic carbocycles. The van der Waals surface area contributed by atoms with Gasteiger partial charge in [0, 0.05) is 52.4 Å². The monoisotopic (exact) mass is 460 g/mol. The van der Waals surface area contributed by atoms with Crippen LogP contribution in [0.4, 0.5) is 0 Å². The maximum Gasteiger partial charge on any atom is 0.234 e. The summed E-state index contributed by atoms with van der Waals surface area (Å²) in [4.78, 5) is 51.4. The first-order chi connectivity index (χ1) is 15.2. The van der Waals surface area contributed by atoms with Gasteiger partial charge in [-0.3, -0.25) is 14.6 Å². The van der Waals surface area contributed by atoms with Crippen molar-refractivity contribution in [1.82, 2.24) is 20.0 Å². The first-order valence-electron chi connectivity index (χ1n) is 10.3. The van der Waals surface area contributed by atoms with Crippen molar-refractivity contribution >= 4 is 23.8 Å². The summed E-state index contributed by atoms with van der Waals surface area (Å²) >= 11 is 0. The minimum absolute atomic E-state index is 0.00700. The Morgan fingerprint density at radius 1 is 0.781 bits per heavy atom. The predicted octanol–water partition coefficient (Wildman–Crippen LogP) is -6.02. The third-order valence-electron chi connectivity index (χ3n) is 4.41. The summed E-state index contributed by atoms with van der Waals surface area (Å²) in [5.74, 6) is -4.59. The second-order valence-electron chi connectivity index (χ2n) is 7.18. The lowest BCUT2D eigenvalue weighted by Crippen LogP contribution is -2.49. The van der Waals surface area contributed by atoms with E-state index in [1.54, 1.807) is 4.90 Å². The van der Waals surface area contributed by atoms with Crippen molar-refractivity contribution in [2.24, 2.45) is 0 Å². The van der Waals surface area contributed by atoms with Gasteiger partial charge < -0.3 is 50.1 Å². The maximum absolute atomic E-state index is 12.1. The van der Waals surface area contributed by atoms with Gasteiger partial charge in [0.2, 0.25) is 5.91 Å². The normalized spacial score (nSPS) is 11.3. The summed E-state index contributed by atoms with van der Waals surface area (Å²) in [5.41, 5.74) is 0. The molecule has 0 saturated carbocycles. The standard InChI is InChI=1S/C19H35N4O9/c1-2-3-4-5-20-16(24)12-22(13-17(25)26)8-6-21(10-11-32-31)7-9-23(14-18(27)28)15-19(29)30/h11,32H,2-10,12-15H2,1H3,(H,20,24)(H,25,26)(H,27,28)(H,29,30)/q-1/p-3. The third kappa shape index (κ3) is 17.4. The number of hydrogen-bond acceptors (Lipinski definition) is 11. The number of carboxylic acids is 3. The molecule has 0 fully saturated rings. The molecule has 2 N–H and O–H groups in total. The molecule has 0 aliphatic heterocycles. The second kappa shape index (κ2) is 18.3. The molecule has 0 radical (unpaired) electrons. The molecule has 13 heteroatoms. The molecule has 0 aromatic heterocycles. The zero-order valence-corrected chi connectivity index (χ0v) is 18.3. The first kappa shape index (κ1) is 29.7. The number of rotatable bonds is 21. The van der Waals surface area contributed by atoms with E-state index in [1.165, 1.54) is 4.90 Å². The summed E-state index contributed by atoms with van der Waals surface area (Å²) in [5, 5.41) is 45.8. The number of unbranched alkanes of at least 4 members (excludes halogenated alkanes) is 2. The Morgan fingerprint density at radius 2 is 1.25 bits per heavy atom. The summed E-state index contributed by atoms with van der Waals surface area (Å²) in [6.45, 7) is 2.26. The van der Waals surface area contributed by atoms with E-state index in [0.717, 1.165) is 30.8 Å². The average molecular weight is 460 g/mol. The lowest BCUT2D eigenvalue weighted by molar-refractivity contribution is -0.761. The third-order valence-corrected chi connectivity index (χ3v) is 4.41. The molecule has 0 unspecified atom stereocenters. The van der Waals surface area contributed by atoms with Gasteiger partial charge in [-0.1, -0.05) is 26.3 Å². The molecule has 186 valence electrons. The molecule has 0 atom stereocenters. The van der Waals surface area contributed by atoms with Crippen LogP contribution in [0.15, 0.2) is 0 Å². The van der Waals surface area contributed by atoms with Gasteiger partial charge in [0.25, 0.3) is 0 Å². The van der Waals surface area contributed by atoms with E-state index in [4.69, 9.17) is 0 Å². The molecule has 0 bridgehead atoms. The van der Waals surface area contributed by atoms with E-state index in [-0.39, 0.29) is 45.2 Å². The van der Waals surface area contributed by atoms with Gasteiger partial charge >= 0.3 is 0 Å². The van der Waals surface area contributed by atoms with Crippen LogP contribution in [0.1, 0.15) is 26.2 Å². The molecule has 0 rings (SSSR count). The molecule has 0 heterocycles. The van der Waals surface area contributed by atoms with Crippen LogP contribution in [-0.4, -0.2) is 109 Å². The van der Waals surface area contributed by atoms with Crippen molar-refractivity contribution in [3.05, 3.63) is 6.61 Å². The van der Waals surface area contributed by atoms with E-state index in [0.29, 0.717) is 6.54 Å². The number of nitrogens with zero attached hydrogens (tertiary/aromatic N) is 3. The first-order valence-corrected chi connectivity index (χ1v) is 10.3. The summed E-state index contributed by atoms with van der Waals surface area (Å²) in [6, 6.07) is 0. The number of aliphatic carboxylic acids is 3. The SMILES string of the molecule is CCCCCNC(=O)CN(CCN(C[CH-][OH+][O-])CCN(CC(=O)[O-])CC(=O)[O-])CC(=O)[O-]. The number of carbonyl (C=O) groups excluding carboxylic acids is 4. The highest BCUT2D eigenvalue weighted by Gasteiger charge is 2.14. The zero-order chi connectivity index (χ0) is 24.4. The van der Waals surface area contributed by atoms with Gasteiger partial charge in [0.1, 0.15) is 0 Å². The van der Waals surface area contributed by atoms with Gasteiger partial charge in [0.05, 0.1) is 24.5 Å². The van der Waals surface area contributed by atoms with Crippen LogP contribution in [0.5, 0.6) is 0 Å². The number of carbonyl (C=O) groups is 4. The van der Waals surface area contributed by atoms with Crippen LogP contribution in [0.3, 0.4) is 0 Å². The van der Waals surface area contributed by atoms with Crippen molar-refractivity contribution < 1.29 is 44.6 Å². The van der Waals surface area contributed by atoms with Crippen LogP contribution < -0.4 is 25.9 Å². The van der Waals surface area contributed by atoms with Crippen molar-refractivity contribution in [2.45, 2.75) is 26.2 Å². The van der Waals surface area contributed by atoms with Crippen molar-refractivity contribution in [1.29, 1.82) is 0 Å². The van der Waals surface area contributed by atoms with Crippen LogP contribution in [0.25, 0.3) is 0 Å². The molecular weight excluding hydrogens is 428 g/mol. The number of hydrogen-bond donors (Lipinski definition) is 1. The Labute approximate surface area is 187 Å². The second-order valence-corrected chi connectivity index (χ2v) is 7.18. The molecule has 13 nitrogen and oxygen atoms in total. The molecule has 0 aliphatic carbocycles. The molecule has 0 aromatic rings. The van der Waals surface area contributed by atoms with Crippen LogP contribution >= 0.6 is 0 Å². The van der Waals surface area contributed by atoms with Gasteiger partial charge in [-0.05, 0) is 13.0 Å². The van der Waals surface area contributed by atoms with Crippen LogP contribution in [0.2, 0.25) is 0 Å². The van der Waals surface area contributed by atoms with E-state index in [1.807, 2.05) is 6.92 Å². The molecule has 1 amide bonds. The van der Waals surface area contributed by atoms with Crippen molar-refractivity contribution in [3.8, 4) is 0 Å². The highest BCUT2D eigenvalue weighted by molar-refractivity contribution is 5.78. The fraction of sp³-hybridized carbons (Fsp3) is 0.737. The highest BCUT2D eigenvalue weighted by atomic mass is 17.1. The smallest absolute Gasteiger partial charge is 0.234 e. The summed E-state index contributed by atoms with van der Waals surface area (Å²) in [6.07, 6.45) is 2.78. The number of amides is 1. The fourth-order valence-electron chi connectivity index (χ4n) is 2.85. The molecule has 32 heavy (non-hydrogen) atoms. The minimum Gasteiger partial charge on any atom is -0.587 e. The largest absolute Gasteiger partial charge is 0.587 e. The average Bonchev–Trinajstić information content (AvgIpc) is 2.69. The van der Waals surface area contributed by atoms with Crippen LogP contribution in [0, 0.1) is 6.61 Å². The summed E-state index contributed by atoms with van der Waals surface area (Å²) in [7, 11) is 0. The van der Waals surface area contributed by atoms with Crippen molar-refractivity contribution in [2.75, 3.05) is 65.4 Å². The number of aliphatic hydroxyl groups is 1. The van der Waals surface area contributed by atoms with E-state index < -0.39 is 37.5 Å². The number of nitrogens with one attached hydrogen (secondary N) is 1. The van der Waals surface area contributed by atoms with E-state index >= 15 is 0 Å². The van der Waals surface area contributed by atoms with Gasteiger partial charge in [0.15, 0.2) is 0 Å². The Morgan fingerprint density at radius 3 is 1.69 bits per heavy atom. The maximum atomic E-state index is 12.1. The lowest BCUT2D eigenvalue weighted by Gasteiger charge is -2.32. The minimum atomic E-state index is -1.45. The predicted molar refractivity (Wildman–Crippen MR) is 104 cm³/mol. The van der Waals surface area contributed by atoms with E-state index in [9.17, 15) is 39.8 Å².